The molecule has 0 bridgehead atoms. The molecule has 1 atom stereocenters. The molecule has 0 fully saturated rings. The molecule has 1 aliphatic rings. The van der Waals surface area contributed by atoms with Gasteiger partial charge < -0.3 is 10.6 Å². The van der Waals surface area contributed by atoms with Gasteiger partial charge in [-0.25, -0.2) is 0 Å². The summed E-state index contributed by atoms with van der Waals surface area (Å²) in [6.07, 6.45) is 0. The number of anilines is 2. The minimum Gasteiger partial charge on any atom is -0.333 e. The molecular formula is C18H20N3O2+. The van der Waals surface area contributed by atoms with Gasteiger partial charge in [-0.05, 0) is 19.1 Å². The Morgan fingerprint density at radius 3 is 2.65 bits per heavy atom. The number of carbonyl (C=O) groups excluding carboxylic acids is 2. The van der Waals surface area contributed by atoms with Gasteiger partial charge >= 0.3 is 0 Å². The van der Waals surface area contributed by atoms with Gasteiger partial charge in [-0.2, -0.15) is 0 Å². The van der Waals surface area contributed by atoms with Crippen LogP contribution in [0, 0.1) is 0 Å². The zero-order valence-corrected chi connectivity index (χ0v) is 13.0. The summed E-state index contributed by atoms with van der Waals surface area (Å²) in [6.45, 7) is 2.44. The molecule has 0 unspecified atom stereocenters. The van der Waals surface area contributed by atoms with E-state index in [1.165, 1.54) is 5.56 Å². The highest BCUT2D eigenvalue weighted by atomic mass is 16.2. The number of fused-ring (bicyclic) bond motifs is 1. The Morgan fingerprint density at radius 1 is 1.17 bits per heavy atom. The molecule has 0 saturated heterocycles. The Bertz CT molecular complexity index is 715. The zero-order valence-electron chi connectivity index (χ0n) is 13.0. The number of benzene rings is 2. The number of nitrogens with two attached hydrogens (primary N) is 1. The fraction of sp³-hybridized carbons (Fsp3) is 0.222. The van der Waals surface area contributed by atoms with E-state index in [9.17, 15) is 9.59 Å². The first-order valence-electron chi connectivity index (χ1n) is 7.72. The van der Waals surface area contributed by atoms with Crippen molar-refractivity contribution >= 4 is 23.2 Å². The van der Waals surface area contributed by atoms with E-state index in [2.05, 4.69) is 24.4 Å². The number of nitrogens with one attached hydrogen (secondary N) is 1. The summed E-state index contributed by atoms with van der Waals surface area (Å²) < 4.78 is 0. The molecule has 2 amide bonds. The molecule has 1 heterocycles. The Hall–Kier alpha value is -2.66. The van der Waals surface area contributed by atoms with E-state index in [1.807, 2.05) is 47.8 Å². The second-order valence-electron chi connectivity index (χ2n) is 5.68. The fourth-order valence-corrected chi connectivity index (χ4v) is 2.74. The van der Waals surface area contributed by atoms with Crippen molar-refractivity contribution in [1.82, 2.24) is 0 Å². The summed E-state index contributed by atoms with van der Waals surface area (Å²) >= 11 is 0. The van der Waals surface area contributed by atoms with Crippen molar-refractivity contribution < 1.29 is 14.9 Å². The first-order valence-corrected chi connectivity index (χ1v) is 7.72. The van der Waals surface area contributed by atoms with Gasteiger partial charge in [0.1, 0.15) is 12.6 Å². The summed E-state index contributed by atoms with van der Waals surface area (Å²) in [6, 6.07) is 17.6. The van der Waals surface area contributed by atoms with Crippen molar-refractivity contribution in [2.75, 3.05) is 23.3 Å². The van der Waals surface area contributed by atoms with Crippen molar-refractivity contribution in [2.45, 2.75) is 13.0 Å². The molecule has 2 aromatic rings. The van der Waals surface area contributed by atoms with E-state index >= 15 is 0 Å². The predicted molar refractivity (Wildman–Crippen MR) is 89.1 cm³/mol. The fourth-order valence-electron chi connectivity index (χ4n) is 2.74. The van der Waals surface area contributed by atoms with Crippen LogP contribution in [0.4, 0.5) is 11.4 Å². The summed E-state index contributed by atoms with van der Waals surface area (Å²) in [4.78, 5) is 25.9. The Labute approximate surface area is 135 Å². The van der Waals surface area contributed by atoms with Crippen molar-refractivity contribution in [2.24, 2.45) is 0 Å². The molecule has 0 radical (unpaired) electrons. The van der Waals surface area contributed by atoms with Crippen LogP contribution in [-0.4, -0.2) is 24.9 Å². The van der Waals surface area contributed by atoms with Gasteiger partial charge in [-0.1, -0.05) is 42.5 Å². The van der Waals surface area contributed by atoms with Gasteiger partial charge in [0.05, 0.1) is 11.4 Å². The Balaban J connectivity index is 1.68. The molecule has 0 aliphatic carbocycles. The third-order valence-corrected chi connectivity index (χ3v) is 4.04. The molecule has 1 aliphatic heterocycles. The van der Waals surface area contributed by atoms with Crippen LogP contribution in [0.25, 0.3) is 0 Å². The lowest BCUT2D eigenvalue weighted by molar-refractivity contribution is -0.682. The normalized spacial score (nSPS) is 14.8. The lowest BCUT2D eigenvalue weighted by atomic mass is 10.1. The maximum Gasteiger partial charge on any atom is 0.282 e. The van der Waals surface area contributed by atoms with Gasteiger partial charge in [0, 0.05) is 5.56 Å². The van der Waals surface area contributed by atoms with Gasteiger partial charge in [0.25, 0.3) is 5.91 Å². The summed E-state index contributed by atoms with van der Waals surface area (Å²) in [5.41, 5.74) is 2.63. The predicted octanol–water partition coefficient (Wildman–Crippen LogP) is 1.30. The first kappa shape index (κ1) is 15.2. The quantitative estimate of drug-likeness (QED) is 0.894. The van der Waals surface area contributed by atoms with Crippen LogP contribution >= 0.6 is 0 Å². The minimum atomic E-state index is -0.159. The van der Waals surface area contributed by atoms with E-state index in [-0.39, 0.29) is 24.4 Å². The van der Waals surface area contributed by atoms with E-state index in [0.717, 1.165) is 5.69 Å². The van der Waals surface area contributed by atoms with Gasteiger partial charge in [0.2, 0.25) is 5.91 Å². The molecule has 0 spiro atoms. The van der Waals surface area contributed by atoms with Crippen LogP contribution in [0.1, 0.15) is 18.5 Å². The van der Waals surface area contributed by atoms with Crippen molar-refractivity contribution in [1.29, 1.82) is 0 Å². The third kappa shape index (κ3) is 3.40. The number of carbonyl (C=O) groups is 2. The highest BCUT2D eigenvalue weighted by Gasteiger charge is 2.27. The van der Waals surface area contributed by atoms with E-state index in [1.54, 1.807) is 4.90 Å². The number of hydrogen-bond donors (Lipinski definition) is 2. The zero-order chi connectivity index (χ0) is 16.2. The molecule has 23 heavy (non-hydrogen) atoms. The number of rotatable bonds is 4. The first-order chi connectivity index (χ1) is 11.1. The molecular weight excluding hydrogens is 290 g/mol. The largest absolute Gasteiger partial charge is 0.333 e. The molecule has 0 aromatic heterocycles. The topological polar surface area (TPSA) is 66.0 Å². The number of quaternary nitrogens is 1. The second kappa shape index (κ2) is 6.62. The summed E-state index contributed by atoms with van der Waals surface area (Å²) in [7, 11) is 0. The lowest BCUT2D eigenvalue weighted by Crippen LogP contribution is -2.87. The SMILES string of the molecule is C[C@H]([NH2+]CC(=O)N1CC(=O)Nc2ccccc21)c1ccccc1. The highest BCUT2D eigenvalue weighted by Crippen LogP contribution is 2.28. The van der Waals surface area contributed by atoms with Gasteiger partial charge in [-0.15, -0.1) is 0 Å². The molecule has 5 heteroatoms. The van der Waals surface area contributed by atoms with E-state index in [4.69, 9.17) is 0 Å². The molecule has 5 nitrogen and oxygen atoms in total. The maximum absolute atomic E-state index is 12.6. The van der Waals surface area contributed by atoms with E-state index < -0.39 is 0 Å². The summed E-state index contributed by atoms with van der Waals surface area (Å²) in [5.74, 6) is -0.219. The standard InChI is InChI=1S/C18H19N3O2/c1-13(14-7-3-2-4-8-14)19-11-18(23)21-12-17(22)20-15-9-5-6-10-16(15)21/h2-10,13,19H,11-12H2,1H3,(H,20,22)/p+1/t13-/m0/s1. The van der Waals surface area contributed by atoms with Crippen LogP contribution in [0.15, 0.2) is 54.6 Å². The minimum absolute atomic E-state index is 0.0601. The average molecular weight is 310 g/mol. The van der Waals surface area contributed by atoms with Crippen molar-refractivity contribution in [3.05, 3.63) is 60.2 Å². The Kier molecular flexibility index (Phi) is 4.39. The van der Waals surface area contributed by atoms with Crippen LogP contribution < -0.4 is 15.5 Å². The van der Waals surface area contributed by atoms with Crippen molar-refractivity contribution in [3.8, 4) is 0 Å². The van der Waals surface area contributed by atoms with Crippen LogP contribution in [0.5, 0.6) is 0 Å². The van der Waals surface area contributed by atoms with Gasteiger partial charge in [-0.3, -0.25) is 14.5 Å². The number of para-hydroxylation sites is 2. The monoisotopic (exact) mass is 310 g/mol. The average Bonchev–Trinajstić information content (AvgIpc) is 2.59. The number of amides is 2. The smallest absolute Gasteiger partial charge is 0.282 e. The molecule has 2 aromatic carbocycles. The molecule has 3 rings (SSSR count). The van der Waals surface area contributed by atoms with E-state index in [0.29, 0.717) is 12.2 Å². The maximum atomic E-state index is 12.6. The molecule has 0 saturated carbocycles. The second-order valence-corrected chi connectivity index (χ2v) is 5.68. The number of nitrogens with zero attached hydrogens (tertiary/aromatic N) is 1. The van der Waals surface area contributed by atoms with Crippen molar-refractivity contribution in [3.63, 3.8) is 0 Å². The highest BCUT2D eigenvalue weighted by molar-refractivity contribution is 6.10. The molecule has 3 N–H and O–H groups in total. The Morgan fingerprint density at radius 2 is 1.87 bits per heavy atom. The lowest BCUT2D eigenvalue weighted by Gasteiger charge is -2.28. The third-order valence-electron chi connectivity index (χ3n) is 4.04. The molecule has 118 valence electrons. The van der Waals surface area contributed by atoms with Crippen LogP contribution in [0.2, 0.25) is 0 Å². The van der Waals surface area contributed by atoms with Crippen LogP contribution in [0.3, 0.4) is 0 Å². The summed E-state index contributed by atoms with van der Waals surface area (Å²) in [5, 5.41) is 4.79. The van der Waals surface area contributed by atoms with Crippen LogP contribution in [-0.2, 0) is 9.59 Å². The van der Waals surface area contributed by atoms with Gasteiger partial charge in [0.15, 0.2) is 6.54 Å². The number of hydrogen-bond acceptors (Lipinski definition) is 2.